The smallest absolute Gasteiger partial charge is 0.220 e. The molecule has 0 spiro atoms. The highest BCUT2D eigenvalue weighted by atomic mass is 79.9. The van der Waals surface area contributed by atoms with Crippen LogP contribution in [-0.4, -0.2) is 5.91 Å². The maximum Gasteiger partial charge on any atom is 0.220 e. The van der Waals surface area contributed by atoms with Gasteiger partial charge in [-0.15, -0.1) is 0 Å². The molecule has 4 heteroatoms. The van der Waals surface area contributed by atoms with Crippen LogP contribution in [0.5, 0.6) is 0 Å². The zero-order valence-corrected chi connectivity index (χ0v) is 11.0. The number of hydrogen-bond donors (Lipinski definition) is 1. The number of hydrogen-bond acceptors (Lipinski definition) is 1. The molecular formula is C12H15BrFNO. The summed E-state index contributed by atoms with van der Waals surface area (Å²) in [5.41, 5.74) is 0.492. The number of carbonyl (C=O) groups is 1. The van der Waals surface area contributed by atoms with Crippen molar-refractivity contribution in [2.24, 2.45) is 5.92 Å². The Labute approximate surface area is 103 Å². The first-order valence-electron chi connectivity index (χ1n) is 5.19. The molecule has 0 saturated carbocycles. The highest BCUT2D eigenvalue weighted by Crippen LogP contribution is 2.15. The summed E-state index contributed by atoms with van der Waals surface area (Å²) in [5, 5.41) is 2.70. The first kappa shape index (κ1) is 13.2. The maximum atomic E-state index is 13.3. The molecule has 1 amide bonds. The van der Waals surface area contributed by atoms with Gasteiger partial charge in [0.05, 0.1) is 0 Å². The van der Waals surface area contributed by atoms with Crippen molar-refractivity contribution >= 4 is 21.8 Å². The van der Waals surface area contributed by atoms with Crippen LogP contribution < -0.4 is 5.32 Å². The highest BCUT2D eigenvalue weighted by Gasteiger charge is 2.07. The van der Waals surface area contributed by atoms with Crippen molar-refractivity contribution in [2.75, 3.05) is 0 Å². The van der Waals surface area contributed by atoms with Crippen LogP contribution in [0.25, 0.3) is 0 Å². The first-order chi connectivity index (χ1) is 7.49. The minimum Gasteiger partial charge on any atom is -0.352 e. The molecule has 1 aromatic rings. The highest BCUT2D eigenvalue weighted by molar-refractivity contribution is 9.10. The summed E-state index contributed by atoms with van der Waals surface area (Å²) in [7, 11) is 0. The average molecular weight is 288 g/mol. The van der Waals surface area contributed by atoms with E-state index in [9.17, 15) is 9.18 Å². The lowest BCUT2D eigenvalue weighted by Crippen LogP contribution is -2.24. The van der Waals surface area contributed by atoms with Gasteiger partial charge < -0.3 is 5.32 Å². The van der Waals surface area contributed by atoms with Crippen molar-refractivity contribution in [2.45, 2.75) is 26.8 Å². The fourth-order valence-electron chi connectivity index (χ4n) is 1.32. The average Bonchev–Trinajstić information content (AvgIpc) is 2.18. The first-order valence-corrected chi connectivity index (χ1v) is 5.99. The third-order valence-corrected chi connectivity index (χ3v) is 2.57. The largest absolute Gasteiger partial charge is 0.352 e. The van der Waals surface area contributed by atoms with Crippen LogP contribution in [-0.2, 0) is 11.3 Å². The third-order valence-electron chi connectivity index (χ3n) is 2.08. The lowest BCUT2D eigenvalue weighted by molar-refractivity contribution is -0.121. The van der Waals surface area contributed by atoms with E-state index in [0.717, 1.165) is 4.47 Å². The van der Waals surface area contributed by atoms with E-state index in [4.69, 9.17) is 0 Å². The lowest BCUT2D eigenvalue weighted by Gasteiger charge is -2.08. The van der Waals surface area contributed by atoms with Crippen LogP contribution in [0.4, 0.5) is 4.39 Å². The molecule has 0 aliphatic carbocycles. The third kappa shape index (κ3) is 4.31. The van der Waals surface area contributed by atoms with Gasteiger partial charge in [0.2, 0.25) is 5.91 Å². The van der Waals surface area contributed by atoms with E-state index in [2.05, 4.69) is 21.2 Å². The molecule has 1 rings (SSSR count). The van der Waals surface area contributed by atoms with Gasteiger partial charge in [0.15, 0.2) is 0 Å². The fourth-order valence-corrected chi connectivity index (χ4v) is 1.72. The second kappa shape index (κ2) is 5.99. The summed E-state index contributed by atoms with van der Waals surface area (Å²) in [6.45, 7) is 4.18. The van der Waals surface area contributed by atoms with Gasteiger partial charge in [-0.1, -0.05) is 29.8 Å². The van der Waals surface area contributed by atoms with Gasteiger partial charge >= 0.3 is 0 Å². The topological polar surface area (TPSA) is 29.1 Å². The van der Waals surface area contributed by atoms with Crippen LogP contribution in [0.15, 0.2) is 22.7 Å². The van der Waals surface area contributed by atoms with E-state index in [1.54, 1.807) is 12.1 Å². The maximum absolute atomic E-state index is 13.3. The Balaban J connectivity index is 2.54. The van der Waals surface area contributed by atoms with Crippen LogP contribution in [0.1, 0.15) is 25.8 Å². The molecular weight excluding hydrogens is 273 g/mol. The van der Waals surface area contributed by atoms with E-state index in [1.165, 1.54) is 6.07 Å². The van der Waals surface area contributed by atoms with Gasteiger partial charge in [-0.2, -0.15) is 0 Å². The summed E-state index contributed by atoms with van der Waals surface area (Å²) < 4.78 is 14.1. The monoisotopic (exact) mass is 287 g/mol. The molecule has 0 fully saturated rings. The molecule has 0 saturated heterocycles. The van der Waals surface area contributed by atoms with Gasteiger partial charge in [0.1, 0.15) is 5.82 Å². The van der Waals surface area contributed by atoms with Gasteiger partial charge in [-0.3, -0.25) is 4.79 Å². The van der Waals surface area contributed by atoms with Crippen molar-refractivity contribution in [3.63, 3.8) is 0 Å². The Hall–Kier alpha value is -0.900. The van der Waals surface area contributed by atoms with Gasteiger partial charge in [0.25, 0.3) is 0 Å². The molecule has 1 aromatic carbocycles. The lowest BCUT2D eigenvalue weighted by atomic mass is 10.1. The normalized spacial score (nSPS) is 10.6. The van der Waals surface area contributed by atoms with Crippen molar-refractivity contribution in [1.82, 2.24) is 5.32 Å². The second-order valence-electron chi connectivity index (χ2n) is 4.11. The molecule has 0 atom stereocenters. The summed E-state index contributed by atoms with van der Waals surface area (Å²) in [5.74, 6) is -0.0326. The molecule has 1 N–H and O–H groups in total. The van der Waals surface area contributed by atoms with Crippen molar-refractivity contribution in [3.05, 3.63) is 34.1 Å². The molecule has 0 aliphatic rings. The van der Waals surface area contributed by atoms with Crippen LogP contribution in [0.3, 0.4) is 0 Å². The fraction of sp³-hybridized carbons (Fsp3) is 0.417. The number of nitrogens with one attached hydrogen (secondary N) is 1. The number of rotatable bonds is 4. The summed E-state index contributed by atoms with van der Waals surface area (Å²) in [4.78, 5) is 11.4. The molecule has 0 bridgehead atoms. The molecule has 16 heavy (non-hydrogen) atoms. The van der Waals surface area contributed by atoms with E-state index < -0.39 is 0 Å². The molecule has 0 radical (unpaired) electrons. The zero-order valence-electron chi connectivity index (χ0n) is 9.39. The van der Waals surface area contributed by atoms with Crippen molar-refractivity contribution in [1.29, 1.82) is 0 Å². The molecule has 0 aliphatic heterocycles. The van der Waals surface area contributed by atoms with Gasteiger partial charge in [-0.05, 0) is 24.1 Å². The molecule has 88 valence electrons. The van der Waals surface area contributed by atoms with Crippen LogP contribution in [0, 0.1) is 11.7 Å². The Morgan fingerprint density at radius 1 is 1.50 bits per heavy atom. The molecule has 0 unspecified atom stereocenters. The number of halogens is 2. The van der Waals surface area contributed by atoms with Gasteiger partial charge in [0, 0.05) is 23.0 Å². The van der Waals surface area contributed by atoms with Crippen molar-refractivity contribution < 1.29 is 9.18 Å². The summed E-state index contributed by atoms with van der Waals surface area (Å²) in [6, 6.07) is 4.69. The SMILES string of the molecule is CC(C)CC(=O)NCc1cc(Br)ccc1F. The summed E-state index contributed by atoms with van der Waals surface area (Å²) in [6.07, 6.45) is 0.468. The van der Waals surface area contributed by atoms with Gasteiger partial charge in [-0.25, -0.2) is 4.39 Å². The zero-order chi connectivity index (χ0) is 12.1. The van der Waals surface area contributed by atoms with Crippen LogP contribution >= 0.6 is 15.9 Å². The predicted octanol–water partition coefficient (Wildman–Crippen LogP) is 3.25. The Kier molecular flexibility index (Phi) is 4.93. The number of benzene rings is 1. The van der Waals surface area contributed by atoms with E-state index in [0.29, 0.717) is 17.9 Å². The molecule has 0 heterocycles. The minimum absolute atomic E-state index is 0.0469. The molecule has 0 aromatic heterocycles. The van der Waals surface area contributed by atoms with Crippen LogP contribution in [0.2, 0.25) is 0 Å². The van der Waals surface area contributed by atoms with E-state index in [-0.39, 0.29) is 18.3 Å². The summed E-state index contributed by atoms with van der Waals surface area (Å²) >= 11 is 3.26. The van der Waals surface area contributed by atoms with Crippen molar-refractivity contribution in [3.8, 4) is 0 Å². The second-order valence-corrected chi connectivity index (χ2v) is 5.03. The Morgan fingerprint density at radius 2 is 2.19 bits per heavy atom. The minimum atomic E-state index is -0.298. The molecule has 2 nitrogen and oxygen atoms in total. The standard InChI is InChI=1S/C12H15BrFNO/c1-8(2)5-12(16)15-7-9-6-10(13)3-4-11(9)14/h3-4,6,8H,5,7H2,1-2H3,(H,15,16). The van der Waals surface area contributed by atoms with E-state index >= 15 is 0 Å². The Morgan fingerprint density at radius 3 is 2.81 bits per heavy atom. The number of carbonyl (C=O) groups excluding carboxylic acids is 1. The Bertz CT molecular complexity index is 379. The number of amides is 1. The quantitative estimate of drug-likeness (QED) is 0.905. The van der Waals surface area contributed by atoms with E-state index in [1.807, 2.05) is 13.8 Å². The predicted molar refractivity (Wildman–Crippen MR) is 65.4 cm³/mol.